The highest BCUT2D eigenvalue weighted by molar-refractivity contribution is 5.97. The Morgan fingerprint density at radius 1 is 1.29 bits per heavy atom. The molecular formula is C14H18F2N2O3. The summed E-state index contributed by atoms with van der Waals surface area (Å²) in [7, 11) is 0. The van der Waals surface area contributed by atoms with Crippen molar-refractivity contribution in [2.75, 3.05) is 25.4 Å². The third kappa shape index (κ3) is 4.14. The smallest absolute Gasteiger partial charge is 0.325 e. The fraction of sp³-hybridized carbons (Fsp3) is 0.429. The molecule has 0 saturated heterocycles. The van der Waals surface area contributed by atoms with E-state index in [0.29, 0.717) is 6.42 Å². The van der Waals surface area contributed by atoms with Crippen molar-refractivity contribution in [1.82, 2.24) is 4.90 Å². The molecule has 0 aromatic heterocycles. The molecule has 0 unspecified atom stereocenters. The predicted octanol–water partition coefficient (Wildman–Crippen LogP) is 1.96. The lowest BCUT2D eigenvalue weighted by molar-refractivity contribution is -0.143. The first kappa shape index (κ1) is 16.9. The Hall–Kier alpha value is -2.18. The van der Waals surface area contributed by atoms with E-state index in [1.165, 1.54) is 0 Å². The molecule has 0 heterocycles. The van der Waals surface area contributed by atoms with Gasteiger partial charge in [-0.1, -0.05) is 6.92 Å². The summed E-state index contributed by atoms with van der Waals surface area (Å²) in [5.74, 6) is -3.70. The first-order chi connectivity index (χ1) is 9.92. The number of esters is 1. The molecule has 116 valence electrons. The highest BCUT2D eigenvalue weighted by atomic mass is 19.1. The van der Waals surface area contributed by atoms with Crippen LogP contribution in [0.5, 0.6) is 0 Å². The van der Waals surface area contributed by atoms with E-state index in [4.69, 9.17) is 10.5 Å². The van der Waals surface area contributed by atoms with Gasteiger partial charge in [0, 0.05) is 6.54 Å². The number of anilines is 1. The van der Waals surface area contributed by atoms with Gasteiger partial charge in [0.2, 0.25) is 0 Å². The summed E-state index contributed by atoms with van der Waals surface area (Å²) >= 11 is 0. The van der Waals surface area contributed by atoms with Gasteiger partial charge in [0.05, 0.1) is 12.3 Å². The lowest BCUT2D eigenvalue weighted by Gasteiger charge is -2.21. The number of nitrogen functional groups attached to an aromatic ring is 1. The molecule has 5 nitrogen and oxygen atoms in total. The molecule has 0 saturated carbocycles. The molecule has 0 radical (unpaired) electrons. The zero-order valence-corrected chi connectivity index (χ0v) is 12.0. The van der Waals surface area contributed by atoms with E-state index >= 15 is 0 Å². The molecule has 2 N–H and O–H groups in total. The van der Waals surface area contributed by atoms with Gasteiger partial charge in [0.25, 0.3) is 5.91 Å². The molecule has 0 aliphatic carbocycles. The van der Waals surface area contributed by atoms with Crippen LogP contribution in [0.3, 0.4) is 0 Å². The predicted molar refractivity (Wildman–Crippen MR) is 73.6 cm³/mol. The zero-order valence-electron chi connectivity index (χ0n) is 12.0. The third-order valence-corrected chi connectivity index (χ3v) is 2.74. The van der Waals surface area contributed by atoms with Crippen LogP contribution >= 0.6 is 0 Å². The van der Waals surface area contributed by atoms with Crippen LogP contribution in [0, 0.1) is 11.6 Å². The van der Waals surface area contributed by atoms with Crippen molar-refractivity contribution in [2.45, 2.75) is 20.3 Å². The minimum atomic E-state index is -1.12. The van der Waals surface area contributed by atoms with Gasteiger partial charge in [-0.25, -0.2) is 8.78 Å². The molecule has 1 aromatic rings. The number of hydrogen-bond acceptors (Lipinski definition) is 4. The normalized spacial score (nSPS) is 10.3. The van der Waals surface area contributed by atoms with Gasteiger partial charge >= 0.3 is 5.97 Å². The van der Waals surface area contributed by atoms with Crippen molar-refractivity contribution in [3.63, 3.8) is 0 Å². The van der Waals surface area contributed by atoms with E-state index in [1.807, 2.05) is 0 Å². The molecule has 0 bridgehead atoms. The monoisotopic (exact) mass is 300 g/mol. The van der Waals surface area contributed by atoms with E-state index in [-0.39, 0.29) is 25.4 Å². The Morgan fingerprint density at radius 2 is 1.95 bits per heavy atom. The molecule has 1 amide bonds. The maximum Gasteiger partial charge on any atom is 0.325 e. The summed E-state index contributed by atoms with van der Waals surface area (Å²) in [6.45, 7) is 3.37. The number of hydrogen-bond donors (Lipinski definition) is 1. The minimum Gasteiger partial charge on any atom is -0.465 e. The number of carbonyl (C=O) groups is 2. The van der Waals surface area contributed by atoms with Crippen LogP contribution in [-0.2, 0) is 9.53 Å². The number of rotatable bonds is 6. The maximum absolute atomic E-state index is 13.9. The molecule has 1 aromatic carbocycles. The first-order valence-electron chi connectivity index (χ1n) is 6.60. The fourth-order valence-electron chi connectivity index (χ4n) is 1.81. The Labute approximate surface area is 121 Å². The lowest BCUT2D eigenvalue weighted by atomic mass is 10.1. The van der Waals surface area contributed by atoms with E-state index in [0.717, 1.165) is 17.0 Å². The van der Waals surface area contributed by atoms with Crippen LogP contribution < -0.4 is 5.73 Å². The van der Waals surface area contributed by atoms with Crippen molar-refractivity contribution in [3.8, 4) is 0 Å². The van der Waals surface area contributed by atoms with Crippen LogP contribution in [0.4, 0.5) is 14.5 Å². The van der Waals surface area contributed by atoms with E-state index in [2.05, 4.69) is 0 Å². The summed E-state index contributed by atoms with van der Waals surface area (Å²) < 4.78 is 32.3. The summed E-state index contributed by atoms with van der Waals surface area (Å²) in [6, 6.07) is 1.96. The molecule has 0 fully saturated rings. The third-order valence-electron chi connectivity index (χ3n) is 2.74. The van der Waals surface area contributed by atoms with Crippen molar-refractivity contribution in [1.29, 1.82) is 0 Å². The van der Waals surface area contributed by atoms with Gasteiger partial charge < -0.3 is 15.4 Å². The van der Waals surface area contributed by atoms with Crippen molar-refractivity contribution >= 4 is 17.6 Å². The maximum atomic E-state index is 13.9. The van der Waals surface area contributed by atoms with E-state index in [1.54, 1.807) is 13.8 Å². The largest absolute Gasteiger partial charge is 0.465 e. The van der Waals surface area contributed by atoms with Gasteiger partial charge in [-0.05, 0) is 25.5 Å². The summed E-state index contributed by atoms with van der Waals surface area (Å²) in [4.78, 5) is 24.8. The number of ether oxygens (including phenoxy) is 1. The van der Waals surface area contributed by atoms with Crippen molar-refractivity contribution < 1.29 is 23.1 Å². The second kappa shape index (κ2) is 7.56. The topological polar surface area (TPSA) is 72.6 Å². The Balaban J connectivity index is 3.06. The number of halogens is 2. The van der Waals surface area contributed by atoms with Crippen molar-refractivity contribution in [2.24, 2.45) is 0 Å². The highest BCUT2D eigenvalue weighted by Crippen LogP contribution is 2.20. The van der Waals surface area contributed by atoms with Crippen LogP contribution in [0.1, 0.15) is 30.6 Å². The standard InChI is InChI=1S/C14H18F2N2O3/c1-3-7-18(8-11(19)21-4-2)14(20)12-9(15)5-6-10(17)13(12)16/h5-6H,3-4,7-8,17H2,1-2H3. The minimum absolute atomic E-state index is 0.161. The lowest BCUT2D eigenvalue weighted by Crippen LogP contribution is -2.38. The van der Waals surface area contributed by atoms with Crippen LogP contribution in [0.2, 0.25) is 0 Å². The highest BCUT2D eigenvalue weighted by Gasteiger charge is 2.26. The van der Waals surface area contributed by atoms with Crippen LogP contribution in [0.25, 0.3) is 0 Å². The number of nitrogens with two attached hydrogens (primary N) is 1. The summed E-state index contributed by atoms with van der Waals surface area (Å²) in [5.41, 5.74) is 4.26. The van der Waals surface area contributed by atoms with Gasteiger partial charge in [-0.15, -0.1) is 0 Å². The van der Waals surface area contributed by atoms with Crippen LogP contribution in [0.15, 0.2) is 12.1 Å². The van der Waals surface area contributed by atoms with Crippen LogP contribution in [-0.4, -0.2) is 36.5 Å². The Morgan fingerprint density at radius 3 is 2.52 bits per heavy atom. The molecular weight excluding hydrogens is 282 g/mol. The second-order valence-electron chi connectivity index (χ2n) is 4.36. The first-order valence-corrected chi connectivity index (χ1v) is 6.60. The average molecular weight is 300 g/mol. The second-order valence-corrected chi connectivity index (χ2v) is 4.36. The Bertz CT molecular complexity index is 535. The fourth-order valence-corrected chi connectivity index (χ4v) is 1.81. The van der Waals surface area contributed by atoms with Gasteiger partial charge in [0.1, 0.15) is 17.9 Å². The average Bonchev–Trinajstić information content (AvgIpc) is 2.43. The number of amides is 1. The van der Waals surface area contributed by atoms with Crippen molar-refractivity contribution in [3.05, 3.63) is 29.3 Å². The molecule has 0 spiro atoms. The summed E-state index contributed by atoms with van der Waals surface area (Å²) in [6.07, 6.45) is 0.525. The summed E-state index contributed by atoms with van der Waals surface area (Å²) in [5, 5.41) is 0. The molecule has 0 atom stereocenters. The number of carbonyl (C=O) groups excluding carboxylic acids is 2. The quantitative estimate of drug-likeness (QED) is 0.644. The van der Waals surface area contributed by atoms with E-state index < -0.39 is 29.1 Å². The van der Waals surface area contributed by atoms with Gasteiger partial charge in [-0.2, -0.15) is 0 Å². The molecule has 0 aliphatic heterocycles. The zero-order chi connectivity index (χ0) is 16.0. The molecule has 0 aliphatic rings. The van der Waals surface area contributed by atoms with Gasteiger partial charge in [0.15, 0.2) is 5.82 Å². The van der Waals surface area contributed by atoms with E-state index in [9.17, 15) is 18.4 Å². The van der Waals surface area contributed by atoms with Gasteiger partial charge in [-0.3, -0.25) is 9.59 Å². The molecule has 21 heavy (non-hydrogen) atoms. The molecule has 1 rings (SSSR count). The SMILES string of the molecule is CCCN(CC(=O)OCC)C(=O)c1c(F)ccc(N)c1F. The molecule has 7 heteroatoms. The number of nitrogens with zero attached hydrogens (tertiary/aromatic N) is 1. The number of benzene rings is 1. The Kier molecular flexibility index (Phi) is 6.08.